The second-order valence-electron chi connectivity index (χ2n) is 8.21. The number of amides is 3. The van der Waals surface area contributed by atoms with E-state index in [9.17, 15) is 23.9 Å². The fourth-order valence-corrected chi connectivity index (χ4v) is 4.44. The zero-order valence-electron chi connectivity index (χ0n) is 17.6. The Bertz CT molecular complexity index is 1070. The number of likely N-dealkylation sites (tertiary alicyclic amines) is 1. The second kappa shape index (κ2) is 8.99. The molecular weight excluding hydrogens is 457 g/mol. The smallest absolute Gasteiger partial charge is 0.407 e. The number of aliphatic hydroxyl groups is 1. The number of anilines is 1. The molecule has 2 saturated heterocycles. The zero-order valence-corrected chi connectivity index (χ0v) is 18.3. The molecule has 1 aromatic carbocycles. The van der Waals surface area contributed by atoms with E-state index >= 15 is 0 Å². The summed E-state index contributed by atoms with van der Waals surface area (Å²) < 4.78 is 15.2. The SMILES string of the molecule is O=C(O)N1CCC(n2cc(N3CCC(O)(C(=O)NCc4cc(F)cc(Cl)c4)C3=O)cn2)CC1. The van der Waals surface area contributed by atoms with E-state index in [4.69, 9.17) is 16.7 Å². The molecule has 3 amide bonds. The van der Waals surface area contributed by atoms with Gasteiger partial charge in [0.05, 0.1) is 17.9 Å². The summed E-state index contributed by atoms with van der Waals surface area (Å²) in [6, 6.07) is 3.81. The van der Waals surface area contributed by atoms with Gasteiger partial charge in [-0.2, -0.15) is 5.10 Å². The van der Waals surface area contributed by atoms with Gasteiger partial charge < -0.3 is 25.3 Å². The van der Waals surface area contributed by atoms with Crippen molar-refractivity contribution in [2.24, 2.45) is 0 Å². The first-order valence-electron chi connectivity index (χ1n) is 10.5. The molecule has 3 heterocycles. The van der Waals surface area contributed by atoms with Crippen molar-refractivity contribution in [3.63, 3.8) is 0 Å². The Kier molecular flexibility index (Phi) is 6.26. The lowest BCUT2D eigenvalue weighted by Gasteiger charge is -2.30. The molecule has 33 heavy (non-hydrogen) atoms. The number of nitrogens with one attached hydrogen (secondary N) is 1. The van der Waals surface area contributed by atoms with Gasteiger partial charge in [0.2, 0.25) is 5.60 Å². The molecule has 1 atom stereocenters. The zero-order chi connectivity index (χ0) is 23.8. The number of piperidine rings is 1. The van der Waals surface area contributed by atoms with Gasteiger partial charge in [0, 0.05) is 43.8 Å². The van der Waals surface area contributed by atoms with Crippen molar-refractivity contribution >= 4 is 35.2 Å². The van der Waals surface area contributed by atoms with Crippen molar-refractivity contribution in [1.82, 2.24) is 20.0 Å². The molecule has 176 valence electrons. The Morgan fingerprint density at radius 1 is 1.24 bits per heavy atom. The predicted molar refractivity (Wildman–Crippen MR) is 115 cm³/mol. The third-order valence-electron chi connectivity index (χ3n) is 6.06. The van der Waals surface area contributed by atoms with Crippen molar-refractivity contribution in [3.8, 4) is 0 Å². The highest BCUT2D eigenvalue weighted by atomic mass is 35.5. The maximum Gasteiger partial charge on any atom is 0.407 e. The molecule has 0 saturated carbocycles. The van der Waals surface area contributed by atoms with Gasteiger partial charge in [-0.25, -0.2) is 9.18 Å². The summed E-state index contributed by atoms with van der Waals surface area (Å²) in [6.45, 7) is 0.819. The highest BCUT2D eigenvalue weighted by Crippen LogP contribution is 2.30. The van der Waals surface area contributed by atoms with E-state index < -0.39 is 29.3 Å². The molecule has 1 aromatic heterocycles. The maximum atomic E-state index is 13.5. The lowest BCUT2D eigenvalue weighted by Crippen LogP contribution is -2.52. The number of hydrogen-bond donors (Lipinski definition) is 3. The molecule has 2 aliphatic rings. The lowest BCUT2D eigenvalue weighted by molar-refractivity contribution is -0.149. The van der Waals surface area contributed by atoms with Gasteiger partial charge in [-0.05, 0) is 36.6 Å². The molecule has 2 aliphatic heterocycles. The third-order valence-corrected chi connectivity index (χ3v) is 6.27. The number of aromatic nitrogens is 2. The molecule has 1 unspecified atom stereocenters. The monoisotopic (exact) mass is 479 g/mol. The maximum absolute atomic E-state index is 13.5. The summed E-state index contributed by atoms with van der Waals surface area (Å²) in [5, 5.41) is 26.8. The van der Waals surface area contributed by atoms with E-state index in [1.54, 1.807) is 10.9 Å². The highest BCUT2D eigenvalue weighted by molar-refractivity contribution is 6.30. The molecule has 0 spiro atoms. The van der Waals surface area contributed by atoms with E-state index in [1.807, 2.05) is 0 Å². The van der Waals surface area contributed by atoms with E-state index in [0.29, 0.717) is 37.2 Å². The number of benzene rings is 1. The standard InChI is InChI=1S/C21H23ClFN5O5/c22-14-7-13(8-15(23)9-14)10-24-18(29)21(33)3-6-27(19(21)30)17-11-25-28(12-17)16-1-4-26(5-2-16)20(31)32/h7-9,11-12,16,33H,1-6,10H2,(H,24,29)(H,31,32). The van der Waals surface area contributed by atoms with Gasteiger partial charge in [-0.3, -0.25) is 14.3 Å². The third kappa shape index (κ3) is 4.64. The Hall–Kier alpha value is -3.18. The van der Waals surface area contributed by atoms with Crippen LogP contribution in [0.1, 0.15) is 30.9 Å². The minimum atomic E-state index is -2.24. The van der Waals surface area contributed by atoms with E-state index in [2.05, 4.69) is 10.4 Å². The lowest BCUT2D eigenvalue weighted by atomic mass is 10.0. The molecule has 0 aliphatic carbocycles. The molecule has 3 N–H and O–H groups in total. The summed E-state index contributed by atoms with van der Waals surface area (Å²) in [5.41, 5.74) is -1.40. The van der Waals surface area contributed by atoms with Crippen LogP contribution in [0.3, 0.4) is 0 Å². The largest absolute Gasteiger partial charge is 0.465 e. The number of rotatable bonds is 5. The molecular formula is C21H23ClFN5O5. The number of halogens is 2. The fourth-order valence-electron chi connectivity index (χ4n) is 4.19. The van der Waals surface area contributed by atoms with Crippen LogP contribution in [0, 0.1) is 5.82 Å². The van der Waals surface area contributed by atoms with Crippen LogP contribution >= 0.6 is 11.6 Å². The molecule has 2 fully saturated rings. The average Bonchev–Trinajstić information content (AvgIpc) is 3.37. The Balaban J connectivity index is 1.39. The van der Waals surface area contributed by atoms with Gasteiger partial charge >= 0.3 is 6.09 Å². The molecule has 10 nitrogen and oxygen atoms in total. The van der Waals surface area contributed by atoms with Crippen LogP contribution in [0.15, 0.2) is 30.6 Å². The van der Waals surface area contributed by atoms with Crippen molar-refractivity contribution < 1.29 is 29.0 Å². The fraction of sp³-hybridized carbons (Fsp3) is 0.429. The van der Waals surface area contributed by atoms with Gasteiger partial charge in [0.25, 0.3) is 11.8 Å². The number of hydrogen-bond acceptors (Lipinski definition) is 5. The first-order chi connectivity index (χ1) is 15.7. The number of carboxylic acid groups (broad SMARTS) is 1. The summed E-state index contributed by atoms with van der Waals surface area (Å²) >= 11 is 5.81. The van der Waals surface area contributed by atoms with Crippen LogP contribution in [0.25, 0.3) is 0 Å². The van der Waals surface area contributed by atoms with Gasteiger partial charge in [0.15, 0.2) is 0 Å². The van der Waals surface area contributed by atoms with E-state index in [1.165, 1.54) is 28.1 Å². The highest BCUT2D eigenvalue weighted by Gasteiger charge is 2.52. The van der Waals surface area contributed by atoms with Crippen molar-refractivity contribution in [2.75, 3.05) is 24.5 Å². The Morgan fingerprint density at radius 2 is 1.97 bits per heavy atom. The van der Waals surface area contributed by atoms with E-state index in [0.717, 1.165) is 6.07 Å². The summed E-state index contributed by atoms with van der Waals surface area (Å²) in [6.07, 6.45) is 3.28. The summed E-state index contributed by atoms with van der Waals surface area (Å²) in [4.78, 5) is 39.3. The first-order valence-corrected chi connectivity index (χ1v) is 10.8. The summed E-state index contributed by atoms with van der Waals surface area (Å²) in [7, 11) is 0. The number of carbonyl (C=O) groups excluding carboxylic acids is 2. The molecule has 4 rings (SSSR count). The van der Waals surface area contributed by atoms with Crippen LogP contribution in [0.2, 0.25) is 5.02 Å². The topological polar surface area (TPSA) is 128 Å². The minimum Gasteiger partial charge on any atom is -0.465 e. The molecule has 12 heteroatoms. The van der Waals surface area contributed by atoms with Crippen LogP contribution < -0.4 is 10.2 Å². The summed E-state index contributed by atoms with van der Waals surface area (Å²) in [5.74, 6) is -2.19. The van der Waals surface area contributed by atoms with Crippen molar-refractivity contribution in [1.29, 1.82) is 0 Å². The van der Waals surface area contributed by atoms with Crippen LogP contribution in [0.4, 0.5) is 14.9 Å². The quantitative estimate of drug-likeness (QED) is 0.561. The van der Waals surface area contributed by atoms with Gasteiger partial charge in [-0.15, -0.1) is 0 Å². The van der Waals surface area contributed by atoms with Crippen LogP contribution in [0.5, 0.6) is 0 Å². The average molecular weight is 480 g/mol. The normalized spacial score (nSPS) is 21.5. The first kappa shape index (κ1) is 23.0. The van der Waals surface area contributed by atoms with Crippen molar-refractivity contribution in [3.05, 3.63) is 47.0 Å². The van der Waals surface area contributed by atoms with E-state index in [-0.39, 0.29) is 30.6 Å². The predicted octanol–water partition coefficient (Wildman–Crippen LogP) is 1.77. The molecule has 0 bridgehead atoms. The molecule has 2 aromatic rings. The number of nitrogens with zero attached hydrogens (tertiary/aromatic N) is 4. The number of carbonyl (C=O) groups is 3. The second-order valence-corrected chi connectivity index (χ2v) is 8.64. The van der Waals surface area contributed by atoms with Crippen LogP contribution in [-0.4, -0.2) is 68.0 Å². The minimum absolute atomic E-state index is 0.00710. The Labute approximate surface area is 193 Å². The van der Waals surface area contributed by atoms with Gasteiger partial charge in [0.1, 0.15) is 5.82 Å². The van der Waals surface area contributed by atoms with Gasteiger partial charge in [-0.1, -0.05) is 11.6 Å². The Morgan fingerprint density at radius 3 is 2.64 bits per heavy atom. The van der Waals surface area contributed by atoms with Crippen LogP contribution in [-0.2, 0) is 16.1 Å². The van der Waals surface area contributed by atoms with Crippen molar-refractivity contribution in [2.45, 2.75) is 37.5 Å². The molecule has 0 radical (unpaired) electrons.